The van der Waals surface area contributed by atoms with Crippen molar-refractivity contribution in [3.05, 3.63) is 35.4 Å². The summed E-state index contributed by atoms with van der Waals surface area (Å²) >= 11 is 0. The van der Waals surface area contributed by atoms with Gasteiger partial charge in [0.1, 0.15) is 0 Å². The van der Waals surface area contributed by atoms with Crippen LogP contribution in [0.4, 0.5) is 0 Å². The zero-order valence-electron chi connectivity index (χ0n) is 11.0. The van der Waals surface area contributed by atoms with Gasteiger partial charge in [-0.15, -0.1) is 0 Å². The summed E-state index contributed by atoms with van der Waals surface area (Å²) < 4.78 is 0. The van der Waals surface area contributed by atoms with Gasteiger partial charge in [0.15, 0.2) is 0 Å². The minimum atomic E-state index is -0.119. The molecule has 98 valence electrons. The van der Waals surface area contributed by atoms with E-state index in [9.17, 15) is 4.79 Å². The Balaban J connectivity index is 1.81. The summed E-state index contributed by atoms with van der Waals surface area (Å²) in [6.07, 6.45) is 0. The predicted octanol–water partition coefficient (Wildman–Crippen LogP) is 0.561. The third-order valence-electron chi connectivity index (χ3n) is 3.21. The van der Waals surface area contributed by atoms with E-state index in [-0.39, 0.29) is 11.9 Å². The number of amides is 1. The highest BCUT2D eigenvalue weighted by Gasteiger charge is 2.22. The highest BCUT2D eigenvalue weighted by atomic mass is 16.2. The van der Waals surface area contributed by atoms with Crippen molar-refractivity contribution in [2.75, 3.05) is 13.1 Å². The zero-order valence-corrected chi connectivity index (χ0v) is 11.0. The van der Waals surface area contributed by atoms with Crippen molar-refractivity contribution >= 4 is 5.91 Å². The van der Waals surface area contributed by atoms with Gasteiger partial charge in [0.25, 0.3) is 0 Å². The van der Waals surface area contributed by atoms with Gasteiger partial charge < -0.3 is 16.0 Å². The fourth-order valence-corrected chi connectivity index (χ4v) is 2.10. The number of hydrogen-bond donors (Lipinski definition) is 3. The fourth-order valence-electron chi connectivity index (χ4n) is 2.10. The maximum absolute atomic E-state index is 11.9. The zero-order chi connectivity index (χ0) is 13.0. The highest BCUT2D eigenvalue weighted by molar-refractivity contribution is 5.82. The molecule has 0 aromatic heterocycles. The second-order valence-electron chi connectivity index (χ2n) is 4.98. The van der Waals surface area contributed by atoms with Crippen molar-refractivity contribution in [1.82, 2.24) is 16.0 Å². The first kappa shape index (κ1) is 13.1. The molecule has 1 aromatic carbocycles. The molecule has 1 aliphatic heterocycles. The number of nitrogens with one attached hydrogen (secondary N) is 3. The van der Waals surface area contributed by atoms with E-state index in [1.807, 2.05) is 12.1 Å². The van der Waals surface area contributed by atoms with Crippen LogP contribution in [0.25, 0.3) is 0 Å². The molecule has 2 atom stereocenters. The molecule has 3 N–H and O–H groups in total. The molecular formula is C14H21N3O. The van der Waals surface area contributed by atoms with Gasteiger partial charge in [0, 0.05) is 25.7 Å². The Morgan fingerprint density at radius 3 is 2.89 bits per heavy atom. The molecule has 1 amide bonds. The average Bonchev–Trinajstić information content (AvgIpc) is 2.37. The van der Waals surface area contributed by atoms with Crippen molar-refractivity contribution < 1.29 is 4.79 Å². The third-order valence-corrected chi connectivity index (χ3v) is 3.21. The van der Waals surface area contributed by atoms with Crippen molar-refractivity contribution in [3.63, 3.8) is 0 Å². The Morgan fingerprint density at radius 2 is 2.22 bits per heavy atom. The molecule has 1 aromatic rings. The average molecular weight is 247 g/mol. The number of carbonyl (C=O) groups excluding carboxylic acids is 1. The lowest BCUT2D eigenvalue weighted by molar-refractivity contribution is -0.123. The SMILES string of the molecule is Cc1cccc(CNC(=O)C2CNC(C)CN2)c1. The van der Waals surface area contributed by atoms with Gasteiger partial charge in [-0.1, -0.05) is 29.8 Å². The molecule has 1 fully saturated rings. The lowest BCUT2D eigenvalue weighted by atomic mass is 10.1. The van der Waals surface area contributed by atoms with Crippen molar-refractivity contribution in [3.8, 4) is 0 Å². The molecule has 2 unspecified atom stereocenters. The highest BCUT2D eigenvalue weighted by Crippen LogP contribution is 2.03. The van der Waals surface area contributed by atoms with Gasteiger partial charge in [-0.3, -0.25) is 4.79 Å². The van der Waals surface area contributed by atoms with Crippen molar-refractivity contribution in [2.45, 2.75) is 32.5 Å². The molecule has 0 spiro atoms. The molecule has 0 bridgehead atoms. The van der Waals surface area contributed by atoms with E-state index in [4.69, 9.17) is 0 Å². The number of rotatable bonds is 3. The maximum atomic E-state index is 11.9. The smallest absolute Gasteiger partial charge is 0.238 e. The van der Waals surface area contributed by atoms with Gasteiger partial charge in [-0.25, -0.2) is 0 Å². The number of hydrogen-bond acceptors (Lipinski definition) is 3. The van der Waals surface area contributed by atoms with Crippen LogP contribution in [0.1, 0.15) is 18.1 Å². The molecule has 1 saturated heterocycles. The Hall–Kier alpha value is -1.39. The third kappa shape index (κ3) is 3.55. The second-order valence-corrected chi connectivity index (χ2v) is 4.98. The van der Waals surface area contributed by atoms with Crippen molar-refractivity contribution in [1.29, 1.82) is 0 Å². The molecule has 4 nitrogen and oxygen atoms in total. The number of aryl methyl sites for hydroxylation is 1. The lowest BCUT2D eigenvalue weighted by Crippen LogP contribution is -2.58. The molecule has 0 saturated carbocycles. The van der Waals surface area contributed by atoms with Gasteiger partial charge in [0.05, 0.1) is 6.04 Å². The van der Waals surface area contributed by atoms with Gasteiger partial charge >= 0.3 is 0 Å². The largest absolute Gasteiger partial charge is 0.351 e. The number of piperazine rings is 1. The molecule has 2 rings (SSSR count). The van der Waals surface area contributed by atoms with Crippen LogP contribution >= 0.6 is 0 Å². The van der Waals surface area contributed by atoms with Crippen LogP contribution in [0.2, 0.25) is 0 Å². The Morgan fingerprint density at radius 1 is 1.39 bits per heavy atom. The molecule has 4 heteroatoms. The van der Waals surface area contributed by atoms with Gasteiger partial charge in [-0.05, 0) is 19.4 Å². The van der Waals surface area contributed by atoms with E-state index in [0.717, 1.165) is 12.1 Å². The van der Waals surface area contributed by atoms with Crippen LogP contribution in [0.3, 0.4) is 0 Å². The van der Waals surface area contributed by atoms with E-state index in [0.29, 0.717) is 19.1 Å². The Kier molecular flexibility index (Phi) is 4.33. The summed E-state index contributed by atoms with van der Waals surface area (Å²) in [6, 6.07) is 8.51. The topological polar surface area (TPSA) is 53.2 Å². The van der Waals surface area contributed by atoms with E-state index in [1.54, 1.807) is 0 Å². The molecule has 1 aliphatic rings. The molecule has 18 heavy (non-hydrogen) atoms. The summed E-state index contributed by atoms with van der Waals surface area (Å²) in [5, 5.41) is 9.51. The number of carbonyl (C=O) groups is 1. The van der Waals surface area contributed by atoms with Crippen LogP contribution in [-0.2, 0) is 11.3 Å². The molecule has 1 heterocycles. The van der Waals surface area contributed by atoms with Crippen molar-refractivity contribution in [2.24, 2.45) is 0 Å². The maximum Gasteiger partial charge on any atom is 0.238 e. The van der Waals surface area contributed by atoms with Gasteiger partial charge in [-0.2, -0.15) is 0 Å². The van der Waals surface area contributed by atoms with E-state index < -0.39 is 0 Å². The fraction of sp³-hybridized carbons (Fsp3) is 0.500. The van der Waals surface area contributed by atoms with Gasteiger partial charge in [0.2, 0.25) is 5.91 Å². The van der Waals surface area contributed by atoms with Crippen LogP contribution in [-0.4, -0.2) is 31.1 Å². The summed E-state index contributed by atoms with van der Waals surface area (Å²) in [5.41, 5.74) is 2.36. The van der Waals surface area contributed by atoms with E-state index in [1.165, 1.54) is 5.56 Å². The Labute approximate surface area is 108 Å². The lowest BCUT2D eigenvalue weighted by Gasteiger charge is -2.28. The monoisotopic (exact) mass is 247 g/mol. The quantitative estimate of drug-likeness (QED) is 0.731. The van der Waals surface area contributed by atoms with E-state index in [2.05, 4.69) is 41.9 Å². The van der Waals surface area contributed by atoms with Crippen LogP contribution in [0.5, 0.6) is 0 Å². The van der Waals surface area contributed by atoms with E-state index >= 15 is 0 Å². The normalized spacial score (nSPS) is 23.7. The second kappa shape index (κ2) is 5.98. The Bertz CT molecular complexity index is 411. The van der Waals surface area contributed by atoms with Crippen LogP contribution in [0.15, 0.2) is 24.3 Å². The van der Waals surface area contributed by atoms with Crippen LogP contribution in [0, 0.1) is 6.92 Å². The first-order valence-electron chi connectivity index (χ1n) is 6.45. The first-order valence-corrected chi connectivity index (χ1v) is 6.45. The summed E-state index contributed by atoms with van der Waals surface area (Å²) in [4.78, 5) is 11.9. The summed E-state index contributed by atoms with van der Waals surface area (Å²) in [7, 11) is 0. The number of benzene rings is 1. The minimum absolute atomic E-state index is 0.0657. The predicted molar refractivity (Wildman–Crippen MR) is 72.3 cm³/mol. The molecular weight excluding hydrogens is 226 g/mol. The summed E-state index contributed by atoms with van der Waals surface area (Å²) in [6.45, 7) is 6.28. The molecule has 0 radical (unpaired) electrons. The van der Waals surface area contributed by atoms with Crippen LogP contribution < -0.4 is 16.0 Å². The minimum Gasteiger partial charge on any atom is -0.351 e. The summed E-state index contributed by atoms with van der Waals surface area (Å²) in [5.74, 6) is 0.0657. The standard InChI is InChI=1S/C14H21N3O/c1-10-4-3-5-12(6-10)8-17-14(18)13-9-15-11(2)7-16-13/h3-6,11,13,15-16H,7-9H2,1-2H3,(H,17,18). The first-order chi connectivity index (χ1) is 8.65. The molecule has 0 aliphatic carbocycles.